The number of thiocarbonyl (C=S) groups is 1. The molecule has 2 N–H and O–H groups in total. The van der Waals surface area contributed by atoms with Crippen molar-refractivity contribution in [3.63, 3.8) is 0 Å². The fourth-order valence-electron chi connectivity index (χ4n) is 6.27. The van der Waals surface area contributed by atoms with Crippen LogP contribution in [0.1, 0.15) is 51.0 Å². The van der Waals surface area contributed by atoms with E-state index in [9.17, 15) is 14.7 Å². The Labute approximate surface area is 201 Å². The van der Waals surface area contributed by atoms with Gasteiger partial charge in [-0.1, -0.05) is 23.4 Å². The Morgan fingerprint density at radius 1 is 1.31 bits per heavy atom. The number of phenols is 1. The molecule has 32 heavy (non-hydrogen) atoms. The number of halogens is 1. The number of ether oxygens (including phenoxy) is 1. The van der Waals surface area contributed by atoms with Gasteiger partial charge in [0.15, 0.2) is 15.8 Å². The summed E-state index contributed by atoms with van der Waals surface area (Å²) in [6.07, 6.45) is 8.13. The molecule has 6 rings (SSSR count). The monoisotopic (exact) mass is 492 g/mol. The molecule has 6 nitrogen and oxygen atoms in total. The van der Waals surface area contributed by atoms with E-state index in [0.717, 1.165) is 31.0 Å². The molecule has 1 aromatic rings. The van der Waals surface area contributed by atoms with E-state index in [-0.39, 0.29) is 33.8 Å². The summed E-state index contributed by atoms with van der Waals surface area (Å²) in [5, 5.41) is 11.4. The Balaban J connectivity index is 1.34. The summed E-state index contributed by atoms with van der Waals surface area (Å²) >= 11 is 12.6. The average Bonchev–Trinajstić information content (AvgIpc) is 2.98. The van der Waals surface area contributed by atoms with E-state index in [1.165, 1.54) is 24.3 Å². The van der Waals surface area contributed by atoms with Crippen molar-refractivity contribution >= 4 is 57.8 Å². The second-order valence-corrected chi connectivity index (χ2v) is 11.5. The SMILES string of the molecule is CCOc1cc(/C=C2\SC(=S)N(NC(=O)C34CC5CC(CC(C5)C3)C4)C2=O)cc(Cl)c1O. The molecule has 9 heteroatoms. The summed E-state index contributed by atoms with van der Waals surface area (Å²) < 4.78 is 5.71. The molecule has 2 amide bonds. The number of carbonyl (C=O) groups excluding carboxylic acids is 2. The van der Waals surface area contributed by atoms with E-state index in [2.05, 4.69) is 5.43 Å². The molecule has 0 atom stereocenters. The Bertz CT molecular complexity index is 1010. The van der Waals surface area contributed by atoms with Gasteiger partial charge in [0.05, 0.1) is 21.9 Å². The first-order chi connectivity index (χ1) is 15.3. The summed E-state index contributed by atoms with van der Waals surface area (Å²) in [4.78, 5) is 26.8. The van der Waals surface area contributed by atoms with Crippen molar-refractivity contribution in [2.45, 2.75) is 45.4 Å². The molecular formula is C23H25ClN2O4S2. The first kappa shape index (κ1) is 22.0. The summed E-state index contributed by atoms with van der Waals surface area (Å²) in [7, 11) is 0. The van der Waals surface area contributed by atoms with Gasteiger partial charge < -0.3 is 9.84 Å². The van der Waals surface area contributed by atoms with Gasteiger partial charge in [-0.15, -0.1) is 0 Å². The van der Waals surface area contributed by atoms with Gasteiger partial charge in [-0.2, -0.15) is 5.01 Å². The largest absolute Gasteiger partial charge is 0.503 e. The van der Waals surface area contributed by atoms with Crippen LogP contribution in [0.4, 0.5) is 0 Å². The van der Waals surface area contributed by atoms with Gasteiger partial charge in [-0.25, -0.2) is 0 Å². The lowest BCUT2D eigenvalue weighted by molar-refractivity contribution is -0.152. The number of carbonyl (C=O) groups is 2. The lowest BCUT2D eigenvalue weighted by Gasteiger charge is -2.55. The van der Waals surface area contributed by atoms with E-state index < -0.39 is 0 Å². The van der Waals surface area contributed by atoms with E-state index in [1.54, 1.807) is 25.1 Å². The van der Waals surface area contributed by atoms with Crippen LogP contribution in [0.3, 0.4) is 0 Å². The number of hydrogen-bond donors (Lipinski definition) is 2. The lowest BCUT2D eigenvalue weighted by Crippen LogP contribution is -2.57. The normalized spacial score (nSPS) is 32.1. The highest BCUT2D eigenvalue weighted by atomic mass is 35.5. The smallest absolute Gasteiger partial charge is 0.285 e. The molecule has 170 valence electrons. The minimum Gasteiger partial charge on any atom is -0.503 e. The van der Waals surface area contributed by atoms with Crippen molar-refractivity contribution in [2.24, 2.45) is 23.2 Å². The van der Waals surface area contributed by atoms with Crippen LogP contribution >= 0.6 is 35.6 Å². The highest BCUT2D eigenvalue weighted by Crippen LogP contribution is 2.60. The summed E-state index contributed by atoms with van der Waals surface area (Å²) in [5.41, 5.74) is 3.09. The van der Waals surface area contributed by atoms with Gasteiger partial charge in [0.1, 0.15) is 0 Å². The standard InChI is InChI=1S/C23H25ClN2O4S2/c1-2-30-17-7-12(6-16(24)19(17)27)8-18-20(28)26(22(31)32-18)25-21(29)23-9-13-3-14(10-23)5-15(4-13)11-23/h6-8,13-15,27H,2-5,9-11H2,1H3,(H,25,29)/b18-8-. The van der Waals surface area contributed by atoms with Crippen molar-refractivity contribution in [1.82, 2.24) is 10.4 Å². The molecule has 4 bridgehead atoms. The van der Waals surface area contributed by atoms with Crippen molar-refractivity contribution in [3.05, 3.63) is 27.6 Å². The van der Waals surface area contributed by atoms with Crippen LogP contribution in [0, 0.1) is 23.2 Å². The second-order valence-electron chi connectivity index (χ2n) is 9.44. The molecule has 4 aliphatic carbocycles. The second kappa shape index (κ2) is 8.22. The van der Waals surface area contributed by atoms with E-state index >= 15 is 0 Å². The van der Waals surface area contributed by atoms with Crippen molar-refractivity contribution < 1.29 is 19.4 Å². The van der Waals surface area contributed by atoms with Gasteiger partial charge in [-0.3, -0.25) is 15.0 Å². The van der Waals surface area contributed by atoms with Gasteiger partial charge in [0.25, 0.3) is 5.91 Å². The fraction of sp³-hybridized carbons (Fsp3) is 0.522. The quantitative estimate of drug-likeness (QED) is 0.450. The van der Waals surface area contributed by atoms with Crippen LogP contribution in [0.2, 0.25) is 5.02 Å². The molecule has 0 radical (unpaired) electrons. The minimum atomic E-state index is -0.362. The lowest BCUT2D eigenvalue weighted by atomic mass is 9.49. The zero-order valence-electron chi connectivity index (χ0n) is 17.7. The molecule has 1 aliphatic heterocycles. The van der Waals surface area contributed by atoms with Gasteiger partial charge >= 0.3 is 0 Å². The Hall–Kier alpha value is -1.77. The number of nitrogens with zero attached hydrogens (tertiary/aromatic N) is 1. The van der Waals surface area contributed by atoms with Gasteiger partial charge in [0.2, 0.25) is 5.91 Å². The van der Waals surface area contributed by atoms with Crippen LogP contribution in [0.25, 0.3) is 6.08 Å². The highest BCUT2D eigenvalue weighted by Gasteiger charge is 2.55. The topological polar surface area (TPSA) is 78.9 Å². The molecule has 1 heterocycles. The van der Waals surface area contributed by atoms with Crippen molar-refractivity contribution in [2.75, 3.05) is 6.61 Å². The van der Waals surface area contributed by atoms with Crippen LogP contribution in [-0.4, -0.2) is 32.9 Å². The molecule has 1 saturated heterocycles. The predicted octanol–water partition coefficient (Wildman–Crippen LogP) is 4.89. The van der Waals surface area contributed by atoms with E-state index in [0.29, 0.717) is 39.1 Å². The number of hydrazine groups is 1. The Morgan fingerprint density at radius 3 is 2.53 bits per heavy atom. The number of aromatic hydroxyl groups is 1. The molecule has 5 aliphatic rings. The first-order valence-electron chi connectivity index (χ1n) is 11.0. The summed E-state index contributed by atoms with van der Waals surface area (Å²) in [6, 6.07) is 3.17. The van der Waals surface area contributed by atoms with Crippen LogP contribution < -0.4 is 10.2 Å². The molecule has 0 aromatic heterocycles. The highest BCUT2D eigenvalue weighted by molar-refractivity contribution is 8.26. The number of nitrogens with one attached hydrogen (secondary N) is 1. The van der Waals surface area contributed by atoms with Crippen LogP contribution in [0.5, 0.6) is 11.5 Å². The average molecular weight is 493 g/mol. The minimum absolute atomic E-state index is 0.0690. The number of benzene rings is 1. The zero-order valence-corrected chi connectivity index (χ0v) is 20.1. The molecule has 1 aromatic carbocycles. The van der Waals surface area contributed by atoms with Crippen molar-refractivity contribution in [1.29, 1.82) is 0 Å². The summed E-state index contributed by atoms with van der Waals surface area (Å²) in [6.45, 7) is 2.17. The first-order valence-corrected chi connectivity index (χ1v) is 12.6. The van der Waals surface area contributed by atoms with Crippen LogP contribution in [-0.2, 0) is 9.59 Å². The molecule has 5 fully saturated rings. The van der Waals surface area contributed by atoms with E-state index in [1.807, 2.05) is 0 Å². The van der Waals surface area contributed by atoms with Crippen molar-refractivity contribution in [3.8, 4) is 11.5 Å². The molecule has 4 saturated carbocycles. The predicted molar refractivity (Wildman–Crippen MR) is 128 cm³/mol. The zero-order chi connectivity index (χ0) is 22.6. The Kier molecular flexibility index (Phi) is 5.66. The maximum absolute atomic E-state index is 13.4. The summed E-state index contributed by atoms with van der Waals surface area (Å²) in [5.74, 6) is 1.59. The molecule has 0 spiro atoms. The maximum Gasteiger partial charge on any atom is 0.285 e. The third kappa shape index (κ3) is 3.80. The number of amides is 2. The number of thioether (sulfide) groups is 1. The maximum atomic E-state index is 13.4. The van der Waals surface area contributed by atoms with Gasteiger partial charge in [-0.05, 0) is 99.2 Å². The fourth-order valence-corrected chi connectivity index (χ4v) is 7.67. The third-order valence-corrected chi connectivity index (χ3v) is 8.77. The third-order valence-electron chi connectivity index (χ3n) is 7.18. The Morgan fingerprint density at radius 2 is 1.94 bits per heavy atom. The number of rotatable bonds is 5. The molecule has 0 unspecified atom stereocenters. The number of phenolic OH excluding ortho intramolecular Hbond substituents is 1. The van der Waals surface area contributed by atoms with Gasteiger partial charge in [0, 0.05) is 0 Å². The van der Waals surface area contributed by atoms with E-state index in [4.69, 9.17) is 28.6 Å². The van der Waals surface area contributed by atoms with Crippen LogP contribution in [0.15, 0.2) is 17.0 Å². The molecular weight excluding hydrogens is 468 g/mol. The number of hydrogen-bond acceptors (Lipinski definition) is 6.